The van der Waals surface area contributed by atoms with Gasteiger partial charge < -0.3 is 0 Å². The molecule has 1 aromatic heterocycles. The molecule has 1 aliphatic carbocycles. The number of nitrogens with zero attached hydrogens (tertiary/aromatic N) is 2. The first-order valence-corrected chi connectivity index (χ1v) is 9.94. The maximum absolute atomic E-state index is 13.7. The predicted octanol–water partition coefficient (Wildman–Crippen LogP) is 5.24. The molecule has 2 aromatic rings. The molecule has 0 saturated heterocycles. The van der Waals surface area contributed by atoms with Crippen LogP contribution in [-0.2, 0) is 0 Å². The van der Waals surface area contributed by atoms with Crippen molar-refractivity contribution in [3.63, 3.8) is 0 Å². The molecule has 0 radical (unpaired) electrons. The number of hydrogen-bond acceptors (Lipinski definition) is 3. The maximum Gasteiger partial charge on any atom is 0.271 e. The molecule has 0 bridgehead atoms. The molecule has 2 aliphatic rings. The predicted molar refractivity (Wildman–Crippen MR) is 100 cm³/mol. The van der Waals surface area contributed by atoms with Crippen LogP contribution < -0.4 is 5.56 Å². The zero-order valence-electron chi connectivity index (χ0n) is 14.6. The first-order chi connectivity index (χ1) is 12.5. The van der Waals surface area contributed by atoms with E-state index in [0.717, 1.165) is 36.8 Å². The summed E-state index contributed by atoms with van der Waals surface area (Å²) in [6.07, 6.45) is 6.77. The zero-order valence-corrected chi connectivity index (χ0v) is 15.4. The summed E-state index contributed by atoms with van der Waals surface area (Å²) in [7, 11) is 0. The molecule has 1 saturated carbocycles. The lowest BCUT2D eigenvalue weighted by atomic mass is 10.1. The highest BCUT2D eigenvalue weighted by atomic mass is 32.2. The average molecular weight is 377 g/mol. The van der Waals surface area contributed by atoms with Gasteiger partial charge in [-0.2, -0.15) is 0 Å². The van der Waals surface area contributed by atoms with Crippen molar-refractivity contribution in [2.45, 2.75) is 56.7 Å². The molecule has 0 spiro atoms. The van der Waals surface area contributed by atoms with E-state index in [1.54, 1.807) is 6.07 Å². The normalized spacial score (nSPS) is 21.2. The van der Waals surface area contributed by atoms with Crippen molar-refractivity contribution >= 4 is 22.6 Å². The van der Waals surface area contributed by atoms with Crippen LogP contribution in [0.2, 0.25) is 0 Å². The minimum Gasteiger partial charge on any atom is -0.268 e. The van der Waals surface area contributed by atoms with E-state index in [1.165, 1.54) is 30.7 Å². The van der Waals surface area contributed by atoms with Gasteiger partial charge in [0.05, 0.1) is 21.9 Å². The van der Waals surface area contributed by atoms with Gasteiger partial charge in [-0.05, 0) is 37.5 Å². The number of aromatic amines is 1. The summed E-state index contributed by atoms with van der Waals surface area (Å²) in [5.74, 6) is -1.14. The average Bonchev–Trinajstić information content (AvgIpc) is 2.80. The number of rotatable bonds is 2. The Kier molecular flexibility index (Phi) is 4.73. The molecule has 4 rings (SSSR count). The second kappa shape index (κ2) is 7.02. The Morgan fingerprint density at radius 3 is 2.58 bits per heavy atom. The number of thioether (sulfide) groups is 1. The third kappa shape index (κ3) is 3.13. The number of halogens is 2. The number of aromatic nitrogens is 2. The summed E-state index contributed by atoms with van der Waals surface area (Å²) >= 11 is 1.40. The Morgan fingerprint density at radius 1 is 1.15 bits per heavy atom. The van der Waals surface area contributed by atoms with Gasteiger partial charge >= 0.3 is 0 Å². The topological polar surface area (TPSA) is 50.1 Å². The third-order valence-corrected chi connectivity index (χ3v) is 6.36. The van der Waals surface area contributed by atoms with E-state index in [-0.39, 0.29) is 16.9 Å². The van der Waals surface area contributed by atoms with E-state index in [0.29, 0.717) is 16.9 Å². The summed E-state index contributed by atoms with van der Waals surface area (Å²) < 4.78 is 29.0. The Balaban J connectivity index is 1.80. The Hall–Kier alpha value is -1.89. The van der Waals surface area contributed by atoms with Crippen LogP contribution in [0.5, 0.6) is 0 Å². The minimum absolute atomic E-state index is 0.192. The van der Waals surface area contributed by atoms with E-state index in [1.807, 2.05) is 11.6 Å². The highest BCUT2D eigenvalue weighted by Gasteiger charge is 2.32. The maximum atomic E-state index is 13.7. The fraction of sp³-hybridized carbons (Fsp3) is 0.474. The van der Waals surface area contributed by atoms with Crippen molar-refractivity contribution in [2.75, 3.05) is 0 Å². The van der Waals surface area contributed by atoms with Crippen LogP contribution in [0.3, 0.4) is 0 Å². The molecule has 0 amide bonds. The summed E-state index contributed by atoms with van der Waals surface area (Å²) in [4.78, 5) is 17.4. The van der Waals surface area contributed by atoms with E-state index in [4.69, 9.17) is 0 Å². The highest BCUT2D eigenvalue weighted by Crippen LogP contribution is 2.45. The smallest absolute Gasteiger partial charge is 0.268 e. The SMILES string of the molecule is CC1=Nc2c(c(=O)[nH]n2C2CCCCCC2)C(c2ccc(F)c(F)c2)S1. The van der Waals surface area contributed by atoms with E-state index >= 15 is 0 Å². The van der Waals surface area contributed by atoms with Crippen LogP contribution in [0.25, 0.3) is 0 Å². The summed E-state index contributed by atoms with van der Waals surface area (Å²) in [6, 6.07) is 4.07. The molecule has 138 valence electrons. The number of hydrogen-bond donors (Lipinski definition) is 1. The van der Waals surface area contributed by atoms with Crippen LogP contribution in [-0.4, -0.2) is 14.8 Å². The van der Waals surface area contributed by atoms with Crippen molar-refractivity contribution in [2.24, 2.45) is 4.99 Å². The molecule has 1 unspecified atom stereocenters. The second-order valence-electron chi connectivity index (χ2n) is 7.00. The molecule has 4 nitrogen and oxygen atoms in total. The molecule has 1 fully saturated rings. The van der Waals surface area contributed by atoms with Gasteiger partial charge in [-0.1, -0.05) is 43.5 Å². The fourth-order valence-corrected chi connectivity index (χ4v) is 4.99. The van der Waals surface area contributed by atoms with E-state index in [2.05, 4.69) is 10.1 Å². The lowest BCUT2D eigenvalue weighted by Gasteiger charge is -2.23. The van der Waals surface area contributed by atoms with Gasteiger partial charge in [-0.15, -0.1) is 0 Å². The third-order valence-electron chi connectivity index (χ3n) is 5.19. The Labute approximate surface area is 154 Å². The number of benzene rings is 1. The number of aliphatic imine (C=N–C) groups is 1. The molecule has 1 N–H and O–H groups in total. The largest absolute Gasteiger partial charge is 0.271 e. The van der Waals surface area contributed by atoms with Crippen LogP contribution in [0.4, 0.5) is 14.6 Å². The molecule has 2 heterocycles. The van der Waals surface area contributed by atoms with Crippen molar-refractivity contribution in [3.8, 4) is 0 Å². The first-order valence-electron chi connectivity index (χ1n) is 9.06. The van der Waals surface area contributed by atoms with Gasteiger partial charge in [-0.25, -0.2) is 13.8 Å². The molecular formula is C19H21F2N3OS. The Bertz CT molecular complexity index is 910. The lowest BCUT2D eigenvalue weighted by molar-refractivity contribution is 0.407. The van der Waals surface area contributed by atoms with Crippen molar-refractivity contribution in [1.29, 1.82) is 0 Å². The zero-order chi connectivity index (χ0) is 18.3. The molecule has 1 aromatic carbocycles. The van der Waals surface area contributed by atoms with Crippen LogP contribution in [0.1, 0.15) is 67.9 Å². The Morgan fingerprint density at radius 2 is 1.88 bits per heavy atom. The van der Waals surface area contributed by atoms with E-state index < -0.39 is 11.6 Å². The van der Waals surface area contributed by atoms with Gasteiger partial charge in [0.1, 0.15) is 0 Å². The monoisotopic (exact) mass is 377 g/mol. The highest BCUT2D eigenvalue weighted by molar-refractivity contribution is 8.14. The quantitative estimate of drug-likeness (QED) is 0.728. The number of H-pyrrole nitrogens is 1. The van der Waals surface area contributed by atoms with Gasteiger partial charge in [-0.3, -0.25) is 14.6 Å². The van der Waals surface area contributed by atoms with Gasteiger partial charge in [0.25, 0.3) is 5.56 Å². The molecule has 1 aliphatic heterocycles. The summed E-state index contributed by atoms with van der Waals surface area (Å²) in [5.41, 5.74) is 0.923. The van der Waals surface area contributed by atoms with Crippen LogP contribution >= 0.6 is 11.8 Å². The standard InChI is InChI=1S/C19H21F2N3OS/c1-11-22-18-16(17(26-11)12-8-9-14(20)15(21)10-12)19(25)23-24(18)13-6-4-2-3-5-7-13/h8-10,13,17H,2-7H2,1H3,(H,23,25). The van der Waals surface area contributed by atoms with Gasteiger partial charge in [0.15, 0.2) is 17.5 Å². The number of fused-ring (bicyclic) bond motifs is 1. The van der Waals surface area contributed by atoms with Gasteiger partial charge in [0, 0.05) is 0 Å². The van der Waals surface area contributed by atoms with Crippen molar-refractivity contribution < 1.29 is 8.78 Å². The van der Waals surface area contributed by atoms with Crippen LogP contribution in [0, 0.1) is 11.6 Å². The van der Waals surface area contributed by atoms with E-state index in [9.17, 15) is 13.6 Å². The lowest BCUT2D eigenvalue weighted by Crippen LogP contribution is -2.14. The number of nitrogens with one attached hydrogen (secondary N) is 1. The molecule has 1 atom stereocenters. The summed E-state index contributed by atoms with van der Waals surface area (Å²) in [5, 5.41) is 3.40. The molecule has 7 heteroatoms. The molecular weight excluding hydrogens is 356 g/mol. The minimum atomic E-state index is -0.899. The van der Waals surface area contributed by atoms with Crippen molar-refractivity contribution in [1.82, 2.24) is 9.78 Å². The van der Waals surface area contributed by atoms with Crippen molar-refractivity contribution in [3.05, 3.63) is 51.3 Å². The fourth-order valence-electron chi connectivity index (χ4n) is 3.90. The summed E-state index contributed by atoms with van der Waals surface area (Å²) in [6.45, 7) is 1.88. The first kappa shape index (κ1) is 17.5. The molecule has 26 heavy (non-hydrogen) atoms. The second-order valence-corrected chi connectivity index (χ2v) is 8.29. The van der Waals surface area contributed by atoms with Gasteiger partial charge in [0.2, 0.25) is 0 Å². The van der Waals surface area contributed by atoms with Crippen LogP contribution in [0.15, 0.2) is 28.0 Å².